The van der Waals surface area contributed by atoms with Gasteiger partial charge in [-0.15, -0.1) is 4.33 Å². The van der Waals surface area contributed by atoms with Gasteiger partial charge in [0.05, 0.1) is 25.1 Å². The summed E-state index contributed by atoms with van der Waals surface area (Å²) in [6, 6.07) is -2.15. The van der Waals surface area contributed by atoms with Gasteiger partial charge >= 0.3 is 11.9 Å². The van der Waals surface area contributed by atoms with E-state index in [1.54, 1.807) is 27.7 Å². The van der Waals surface area contributed by atoms with Gasteiger partial charge in [-0.05, 0) is 31.1 Å². The molecule has 240 valence electrons. The van der Waals surface area contributed by atoms with Crippen LogP contribution in [0.15, 0.2) is 12.7 Å². The second-order valence-corrected chi connectivity index (χ2v) is 11.7. The highest BCUT2D eigenvalue weighted by Gasteiger charge is 2.52. The number of carbonyl (C=O) groups is 2. The number of rotatable bonds is 14. The Morgan fingerprint density at radius 1 is 1.09 bits per heavy atom. The zero-order valence-corrected chi connectivity index (χ0v) is 25.1. The molecule has 0 amide bonds. The summed E-state index contributed by atoms with van der Waals surface area (Å²) in [4.78, 5) is 39.3. The molecule has 1 saturated carbocycles. The van der Waals surface area contributed by atoms with Crippen molar-refractivity contribution >= 4 is 41.2 Å². The first-order valence-electron chi connectivity index (χ1n) is 14.0. The third kappa shape index (κ3) is 7.70. The van der Waals surface area contributed by atoms with Gasteiger partial charge in [0, 0.05) is 0 Å². The Balaban J connectivity index is 1.70. The van der Waals surface area contributed by atoms with Crippen LogP contribution in [-0.4, -0.2) is 91.0 Å². The number of nitrogens with one attached hydrogen (secondary N) is 1. The van der Waals surface area contributed by atoms with E-state index < -0.39 is 54.7 Å². The summed E-state index contributed by atoms with van der Waals surface area (Å²) in [7, 11) is 0. The summed E-state index contributed by atoms with van der Waals surface area (Å²) >= 11 is 0.301. The van der Waals surface area contributed by atoms with Crippen LogP contribution in [0, 0.1) is 11.8 Å². The Kier molecular flexibility index (Phi) is 11.5. The van der Waals surface area contributed by atoms with E-state index in [0.29, 0.717) is 35.7 Å². The largest absolute Gasteiger partial charge is 0.454 e. The van der Waals surface area contributed by atoms with Crippen molar-refractivity contribution in [2.24, 2.45) is 23.3 Å². The average molecular weight is 630 g/mol. The van der Waals surface area contributed by atoms with Crippen molar-refractivity contribution in [3.8, 4) is 0 Å². The molecule has 0 radical (unpaired) electrons. The molecule has 0 aromatic carbocycles. The van der Waals surface area contributed by atoms with Crippen molar-refractivity contribution in [3.05, 3.63) is 12.7 Å². The topological polar surface area (TPSA) is 238 Å². The Morgan fingerprint density at radius 3 is 2.37 bits per heavy atom. The van der Waals surface area contributed by atoms with Gasteiger partial charge in [0.2, 0.25) is 0 Å². The fourth-order valence-electron chi connectivity index (χ4n) is 4.86. The van der Waals surface area contributed by atoms with E-state index in [9.17, 15) is 14.7 Å². The quantitative estimate of drug-likeness (QED) is 0.0639. The van der Waals surface area contributed by atoms with Gasteiger partial charge in [0.25, 0.3) is 0 Å². The second-order valence-electron chi connectivity index (χ2n) is 11.2. The molecule has 43 heavy (non-hydrogen) atoms. The number of aliphatic hydroxyl groups excluding tert-OH is 1. The number of carbonyl (C=O) groups excluding carboxylic acids is 2. The molecule has 4 rings (SSSR count). The number of hydrogen-bond donors (Lipinski definition) is 5. The van der Waals surface area contributed by atoms with Gasteiger partial charge < -0.3 is 36.1 Å². The van der Waals surface area contributed by atoms with Crippen LogP contribution in [0.25, 0.3) is 11.2 Å². The van der Waals surface area contributed by atoms with E-state index in [1.165, 1.54) is 17.2 Å². The summed E-state index contributed by atoms with van der Waals surface area (Å²) in [5.41, 5.74) is 12.8. The number of aliphatic hydroxyl groups is 1. The standard InChI is InChI=1S/C25H39N7O10S/c1-11(2)16(26)24(34)39-19-15(8-37-43-42-41-36)38-23(20(19)40-25(35)17(27)12(3)4)32-10-30-18-21(28-9-29-22(18)32)31-13-6-5-7-14(13)33/h9-17,19-20,23,33,36H,5-8,26-27H2,1-4H3,(H,28,29,31)/t13-,14+,15-,16+,17+,19-,20-,23-/m1/s1. The molecule has 1 saturated heterocycles. The molecule has 3 heterocycles. The maximum atomic E-state index is 13.1. The van der Waals surface area contributed by atoms with Gasteiger partial charge in [-0.3, -0.25) is 18.3 Å². The predicted octanol–water partition coefficient (Wildman–Crippen LogP) is 0.840. The third-order valence-corrected chi connectivity index (χ3v) is 7.89. The van der Waals surface area contributed by atoms with Crippen LogP contribution in [0.3, 0.4) is 0 Å². The lowest BCUT2D eigenvalue weighted by molar-refractivity contribution is -0.434. The maximum absolute atomic E-state index is 13.1. The maximum Gasteiger partial charge on any atom is 0.323 e. The van der Waals surface area contributed by atoms with E-state index >= 15 is 0 Å². The van der Waals surface area contributed by atoms with Crippen molar-refractivity contribution in [3.63, 3.8) is 0 Å². The zero-order chi connectivity index (χ0) is 31.3. The molecule has 0 bridgehead atoms. The number of ether oxygens (including phenoxy) is 3. The SMILES string of the molecule is CC(C)[C@H](N)C(=O)O[C@@H]1[C@H](OC(=O)[C@@H](N)C(C)C)[C@@H](COSOOO)O[C@H]1n1cnc2c(N[C@@H]3CCC[C@@H]3O)ncnc21. The first kappa shape index (κ1) is 33.2. The zero-order valence-electron chi connectivity index (χ0n) is 24.3. The average Bonchev–Trinajstić information content (AvgIpc) is 3.68. The van der Waals surface area contributed by atoms with Crippen molar-refractivity contribution in [2.45, 2.75) is 95.7 Å². The number of aromatic nitrogens is 4. The molecular formula is C25H39N7O10S. The van der Waals surface area contributed by atoms with Crippen molar-refractivity contribution in [1.82, 2.24) is 19.5 Å². The first-order chi connectivity index (χ1) is 20.5. The van der Waals surface area contributed by atoms with Crippen LogP contribution in [0.1, 0.15) is 53.2 Å². The molecular weight excluding hydrogens is 590 g/mol. The van der Waals surface area contributed by atoms with Crippen LogP contribution >= 0.6 is 12.3 Å². The van der Waals surface area contributed by atoms with Crippen molar-refractivity contribution in [2.75, 3.05) is 11.9 Å². The van der Waals surface area contributed by atoms with Gasteiger partial charge in [-0.2, -0.15) is 0 Å². The highest BCUT2D eigenvalue weighted by atomic mass is 32.2. The van der Waals surface area contributed by atoms with Crippen LogP contribution in [0.4, 0.5) is 5.82 Å². The van der Waals surface area contributed by atoms with Gasteiger partial charge in [-0.1, -0.05) is 32.7 Å². The highest BCUT2D eigenvalue weighted by Crippen LogP contribution is 2.37. The van der Waals surface area contributed by atoms with Crippen molar-refractivity contribution in [1.29, 1.82) is 0 Å². The van der Waals surface area contributed by atoms with E-state index in [1.807, 2.05) is 0 Å². The fraction of sp³-hybridized carbons (Fsp3) is 0.720. The van der Waals surface area contributed by atoms with Crippen molar-refractivity contribution < 1.29 is 47.7 Å². The summed E-state index contributed by atoms with van der Waals surface area (Å²) in [6.07, 6.45) is -0.0341. The number of nitrogens with two attached hydrogens (primary N) is 2. The molecule has 18 heteroatoms. The molecule has 2 fully saturated rings. The monoisotopic (exact) mass is 629 g/mol. The number of hydrogen-bond acceptors (Lipinski definition) is 17. The molecule has 17 nitrogen and oxygen atoms in total. The number of imidazole rings is 1. The third-order valence-electron chi connectivity index (χ3n) is 7.54. The van der Waals surface area contributed by atoms with Gasteiger partial charge in [-0.25, -0.2) is 20.2 Å². The first-order valence-corrected chi connectivity index (χ1v) is 14.7. The molecule has 1 aliphatic heterocycles. The minimum Gasteiger partial charge on any atom is -0.454 e. The van der Waals surface area contributed by atoms with Gasteiger partial charge in [0.15, 0.2) is 47.7 Å². The molecule has 8 atom stereocenters. The summed E-state index contributed by atoms with van der Waals surface area (Å²) in [6.45, 7) is 6.78. The molecule has 2 aromatic rings. The predicted molar refractivity (Wildman–Crippen MR) is 150 cm³/mol. The van der Waals surface area contributed by atoms with Crippen LogP contribution in [-0.2, 0) is 37.4 Å². The van der Waals surface area contributed by atoms with E-state index in [2.05, 4.69) is 29.6 Å². The minimum atomic E-state index is -1.24. The smallest absolute Gasteiger partial charge is 0.323 e. The molecule has 1 aliphatic carbocycles. The normalized spacial score (nSPS) is 27.1. The van der Waals surface area contributed by atoms with Crippen LogP contribution in [0.5, 0.6) is 0 Å². The molecule has 7 N–H and O–H groups in total. The van der Waals surface area contributed by atoms with E-state index in [4.69, 9.17) is 35.1 Å². The summed E-state index contributed by atoms with van der Waals surface area (Å²) < 4.78 is 29.0. The second kappa shape index (κ2) is 14.9. The van der Waals surface area contributed by atoms with E-state index in [-0.39, 0.29) is 24.5 Å². The van der Waals surface area contributed by atoms with E-state index in [0.717, 1.165) is 12.8 Å². The summed E-state index contributed by atoms with van der Waals surface area (Å²) in [5.74, 6) is -1.58. The molecule has 2 aliphatic rings. The Morgan fingerprint density at radius 2 is 1.77 bits per heavy atom. The van der Waals surface area contributed by atoms with Gasteiger partial charge in [0.1, 0.15) is 24.5 Å². The molecule has 2 aromatic heterocycles. The number of nitrogens with zero attached hydrogens (tertiary/aromatic N) is 4. The lowest BCUT2D eigenvalue weighted by Gasteiger charge is -2.27. The number of anilines is 1. The molecule has 0 unspecified atom stereocenters. The lowest BCUT2D eigenvalue weighted by atomic mass is 10.0. The Hall–Kier alpha value is -2.68. The Labute approximate surface area is 252 Å². The van der Waals surface area contributed by atoms with Crippen LogP contribution in [0.2, 0.25) is 0 Å². The number of fused-ring (bicyclic) bond motifs is 1. The van der Waals surface area contributed by atoms with Crippen LogP contribution < -0.4 is 16.8 Å². The Bertz CT molecular complexity index is 1240. The molecule has 0 spiro atoms. The highest BCUT2D eigenvalue weighted by molar-refractivity contribution is 7.89. The number of esters is 2. The lowest BCUT2D eigenvalue weighted by Crippen LogP contribution is -2.48. The fourth-order valence-corrected chi connectivity index (χ4v) is 5.11. The minimum absolute atomic E-state index is 0.199. The summed E-state index contributed by atoms with van der Waals surface area (Å²) in [5, 5.41) is 25.5.